The molecule has 1 aliphatic rings. The summed E-state index contributed by atoms with van der Waals surface area (Å²) in [5.74, 6) is 0.720. The van der Waals surface area contributed by atoms with Crippen LogP contribution in [0.4, 0.5) is 0 Å². The predicted octanol–water partition coefficient (Wildman–Crippen LogP) is 0.516. The normalized spacial score (nSPS) is 19.3. The molecule has 0 bridgehead atoms. The molecule has 0 saturated carbocycles. The van der Waals surface area contributed by atoms with Crippen LogP contribution in [0, 0.1) is 5.92 Å². The number of nitrogens with zero attached hydrogens (tertiary/aromatic N) is 4. The summed E-state index contributed by atoms with van der Waals surface area (Å²) in [5.41, 5.74) is 0. The summed E-state index contributed by atoms with van der Waals surface area (Å²) in [6.45, 7) is 6.21. The van der Waals surface area contributed by atoms with Gasteiger partial charge in [-0.15, -0.1) is 5.10 Å². The van der Waals surface area contributed by atoms with Gasteiger partial charge in [0.15, 0.2) is 0 Å². The Kier molecular flexibility index (Phi) is 5.32. The first kappa shape index (κ1) is 14.0. The van der Waals surface area contributed by atoms with E-state index in [0.717, 1.165) is 32.6 Å². The highest BCUT2D eigenvalue weighted by atomic mass is 16.2. The standard InChI is InChI=1S/C13H23N5O/c1-2-7-17(10-12-4-3-5-14-9-12)13(19)11-18-8-6-15-16-18/h6,8,12,14H,2-5,7,9-11H2,1H3. The highest BCUT2D eigenvalue weighted by molar-refractivity contribution is 5.75. The Morgan fingerprint density at radius 3 is 3.11 bits per heavy atom. The Hall–Kier alpha value is -1.43. The Morgan fingerprint density at radius 1 is 1.58 bits per heavy atom. The number of hydrogen-bond acceptors (Lipinski definition) is 4. The van der Waals surface area contributed by atoms with Crippen molar-refractivity contribution in [3.63, 3.8) is 0 Å². The lowest BCUT2D eigenvalue weighted by Crippen LogP contribution is -2.42. The average Bonchev–Trinajstić information content (AvgIpc) is 2.92. The quantitative estimate of drug-likeness (QED) is 0.814. The van der Waals surface area contributed by atoms with Crippen molar-refractivity contribution < 1.29 is 4.79 Å². The average molecular weight is 265 g/mol. The Bertz CT molecular complexity index is 372. The van der Waals surface area contributed by atoms with Crippen molar-refractivity contribution in [3.8, 4) is 0 Å². The lowest BCUT2D eigenvalue weighted by Gasteiger charge is -2.30. The maximum Gasteiger partial charge on any atom is 0.244 e. The highest BCUT2D eigenvalue weighted by Crippen LogP contribution is 2.12. The number of amides is 1. The smallest absolute Gasteiger partial charge is 0.244 e. The molecular formula is C13H23N5O. The zero-order valence-electron chi connectivity index (χ0n) is 11.6. The minimum atomic E-state index is 0.137. The van der Waals surface area contributed by atoms with E-state index in [9.17, 15) is 4.79 Å². The van der Waals surface area contributed by atoms with Gasteiger partial charge in [0.05, 0.1) is 6.20 Å². The number of carbonyl (C=O) groups excluding carboxylic acids is 1. The molecule has 1 aromatic heterocycles. The van der Waals surface area contributed by atoms with Gasteiger partial charge in [0, 0.05) is 19.3 Å². The first-order valence-electron chi connectivity index (χ1n) is 7.12. The van der Waals surface area contributed by atoms with Crippen molar-refractivity contribution in [1.82, 2.24) is 25.2 Å². The monoisotopic (exact) mass is 265 g/mol. The van der Waals surface area contributed by atoms with Gasteiger partial charge in [-0.25, -0.2) is 4.68 Å². The second-order valence-corrected chi connectivity index (χ2v) is 5.15. The molecule has 1 aliphatic heterocycles. The molecule has 1 fully saturated rings. The molecule has 1 saturated heterocycles. The molecule has 1 N–H and O–H groups in total. The molecule has 0 radical (unpaired) electrons. The minimum Gasteiger partial charge on any atom is -0.341 e. The van der Waals surface area contributed by atoms with Crippen LogP contribution in [0.2, 0.25) is 0 Å². The van der Waals surface area contributed by atoms with Crippen molar-refractivity contribution in [1.29, 1.82) is 0 Å². The molecule has 0 aromatic carbocycles. The maximum absolute atomic E-state index is 12.3. The summed E-state index contributed by atoms with van der Waals surface area (Å²) in [6, 6.07) is 0. The Morgan fingerprint density at radius 2 is 2.47 bits per heavy atom. The summed E-state index contributed by atoms with van der Waals surface area (Å²) in [5, 5.41) is 11.0. The third-order valence-electron chi connectivity index (χ3n) is 3.49. The van der Waals surface area contributed by atoms with E-state index in [1.165, 1.54) is 12.8 Å². The van der Waals surface area contributed by atoms with Gasteiger partial charge in [-0.1, -0.05) is 12.1 Å². The summed E-state index contributed by atoms with van der Waals surface area (Å²) in [4.78, 5) is 14.3. The Labute approximate surface area is 114 Å². The van der Waals surface area contributed by atoms with Crippen LogP contribution in [0.15, 0.2) is 12.4 Å². The van der Waals surface area contributed by atoms with E-state index in [4.69, 9.17) is 0 Å². The van der Waals surface area contributed by atoms with E-state index in [0.29, 0.717) is 12.5 Å². The zero-order valence-corrected chi connectivity index (χ0v) is 11.6. The van der Waals surface area contributed by atoms with Crippen LogP contribution in [0.25, 0.3) is 0 Å². The summed E-state index contributed by atoms with van der Waals surface area (Å²) in [7, 11) is 0. The van der Waals surface area contributed by atoms with Gasteiger partial charge in [0.1, 0.15) is 6.54 Å². The largest absolute Gasteiger partial charge is 0.341 e. The third-order valence-corrected chi connectivity index (χ3v) is 3.49. The van der Waals surface area contributed by atoms with Crippen LogP contribution in [0.1, 0.15) is 26.2 Å². The summed E-state index contributed by atoms with van der Waals surface area (Å²) >= 11 is 0. The van der Waals surface area contributed by atoms with E-state index in [2.05, 4.69) is 22.6 Å². The van der Waals surface area contributed by atoms with Crippen molar-refractivity contribution in [2.45, 2.75) is 32.7 Å². The molecule has 1 aromatic rings. The molecule has 6 heteroatoms. The first-order chi connectivity index (χ1) is 9.29. The predicted molar refractivity (Wildman–Crippen MR) is 72.5 cm³/mol. The van der Waals surface area contributed by atoms with E-state index >= 15 is 0 Å². The molecule has 1 amide bonds. The van der Waals surface area contributed by atoms with Gasteiger partial charge < -0.3 is 10.2 Å². The summed E-state index contributed by atoms with van der Waals surface area (Å²) in [6.07, 6.45) is 6.74. The van der Waals surface area contributed by atoms with Crippen molar-refractivity contribution in [2.75, 3.05) is 26.2 Å². The molecule has 2 rings (SSSR count). The number of piperidine rings is 1. The third kappa shape index (κ3) is 4.31. The van der Waals surface area contributed by atoms with Crippen LogP contribution in [0.3, 0.4) is 0 Å². The second-order valence-electron chi connectivity index (χ2n) is 5.15. The zero-order chi connectivity index (χ0) is 13.5. The van der Waals surface area contributed by atoms with Crippen LogP contribution in [-0.2, 0) is 11.3 Å². The number of hydrogen-bond donors (Lipinski definition) is 1. The topological polar surface area (TPSA) is 63.1 Å². The van der Waals surface area contributed by atoms with Crippen LogP contribution >= 0.6 is 0 Å². The maximum atomic E-state index is 12.3. The Balaban J connectivity index is 1.88. The summed E-state index contributed by atoms with van der Waals surface area (Å²) < 4.78 is 1.59. The molecule has 6 nitrogen and oxygen atoms in total. The SMILES string of the molecule is CCCN(CC1CCCNC1)C(=O)Cn1ccnn1. The number of carbonyl (C=O) groups is 1. The molecule has 106 valence electrons. The minimum absolute atomic E-state index is 0.137. The molecule has 0 spiro atoms. The van der Waals surface area contributed by atoms with Crippen LogP contribution in [0.5, 0.6) is 0 Å². The highest BCUT2D eigenvalue weighted by Gasteiger charge is 2.20. The van der Waals surface area contributed by atoms with Gasteiger partial charge >= 0.3 is 0 Å². The molecule has 1 unspecified atom stereocenters. The number of nitrogens with one attached hydrogen (secondary N) is 1. The molecular weight excluding hydrogens is 242 g/mol. The van der Waals surface area contributed by atoms with Crippen molar-refractivity contribution in [2.24, 2.45) is 5.92 Å². The van der Waals surface area contributed by atoms with E-state index in [1.807, 2.05) is 4.90 Å². The number of rotatable bonds is 6. The van der Waals surface area contributed by atoms with Gasteiger partial charge in [-0.2, -0.15) is 0 Å². The van der Waals surface area contributed by atoms with Crippen molar-refractivity contribution >= 4 is 5.91 Å². The van der Waals surface area contributed by atoms with Gasteiger partial charge in [0.2, 0.25) is 5.91 Å². The fourth-order valence-corrected chi connectivity index (χ4v) is 2.53. The second kappa shape index (κ2) is 7.23. The van der Waals surface area contributed by atoms with Gasteiger partial charge in [-0.3, -0.25) is 4.79 Å². The van der Waals surface area contributed by atoms with E-state index in [1.54, 1.807) is 17.1 Å². The fourth-order valence-electron chi connectivity index (χ4n) is 2.53. The molecule has 2 heterocycles. The van der Waals surface area contributed by atoms with E-state index < -0.39 is 0 Å². The molecule has 1 atom stereocenters. The van der Waals surface area contributed by atoms with Crippen LogP contribution < -0.4 is 5.32 Å². The van der Waals surface area contributed by atoms with E-state index in [-0.39, 0.29) is 5.91 Å². The number of aromatic nitrogens is 3. The van der Waals surface area contributed by atoms with Crippen molar-refractivity contribution in [3.05, 3.63) is 12.4 Å². The van der Waals surface area contributed by atoms with Crippen LogP contribution in [-0.4, -0.2) is 52.0 Å². The fraction of sp³-hybridized carbons (Fsp3) is 0.769. The van der Waals surface area contributed by atoms with Gasteiger partial charge in [-0.05, 0) is 38.3 Å². The first-order valence-corrected chi connectivity index (χ1v) is 7.12. The lowest BCUT2D eigenvalue weighted by atomic mass is 9.99. The molecule has 19 heavy (non-hydrogen) atoms. The van der Waals surface area contributed by atoms with Gasteiger partial charge in [0.25, 0.3) is 0 Å². The lowest BCUT2D eigenvalue weighted by molar-refractivity contribution is -0.132. The molecule has 0 aliphatic carbocycles.